The number of hydrogen-bond acceptors (Lipinski definition) is 3. The second-order valence-corrected chi connectivity index (χ2v) is 7.76. The van der Waals surface area contributed by atoms with Crippen molar-refractivity contribution in [3.8, 4) is 0 Å². The zero-order chi connectivity index (χ0) is 21.6. The molecule has 0 saturated carbocycles. The number of carbonyl (C=O) groups is 1. The Morgan fingerprint density at radius 3 is 2.48 bits per heavy atom. The van der Waals surface area contributed by atoms with Gasteiger partial charge in [0, 0.05) is 18.0 Å². The molecule has 0 aliphatic rings. The minimum absolute atomic E-state index is 0.152. The second kappa shape index (κ2) is 7.33. The zero-order valence-corrected chi connectivity index (χ0v) is 17.1. The van der Waals surface area contributed by atoms with Gasteiger partial charge in [0.15, 0.2) is 0 Å². The number of aromatic nitrogens is 3. The molecule has 2 heterocycles. The lowest BCUT2D eigenvalue weighted by Crippen LogP contribution is -2.37. The molecule has 1 N–H and O–H groups in total. The van der Waals surface area contributed by atoms with Crippen molar-refractivity contribution in [3.63, 3.8) is 0 Å². The van der Waals surface area contributed by atoms with Crippen molar-refractivity contribution in [3.05, 3.63) is 58.5 Å². The maximum absolute atomic E-state index is 13.4. The molecule has 2 aromatic heterocycles. The molecule has 3 rings (SSSR count). The van der Waals surface area contributed by atoms with E-state index >= 15 is 0 Å². The number of nitrogens with zero attached hydrogens (tertiary/aromatic N) is 3. The molecule has 9 heteroatoms. The largest absolute Gasteiger partial charge is 0.399 e. The molecule has 1 atom stereocenters. The fourth-order valence-corrected chi connectivity index (χ4v) is 3.16. The van der Waals surface area contributed by atoms with Crippen LogP contribution in [-0.4, -0.2) is 26.8 Å². The second-order valence-electron chi connectivity index (χ2n) is 7.41. The molecule has 154 valence electrons. The van der Waals surface area contributed by atoms with Crippen molar-refractivity contribution in [2.75, 3.05) is 0 Å². The highest BCUT2D eigenvalue weighted by Gasteiger charge is 2.49. The first-order chi connectivity index (χ1) is 13.4. The number of fused-ring (bicyclic) bond motifs is 1. The van der Waals surface area contributed by atoms with E-state index < -0.39 is 23.5 Å². The van der Waals surface area contributed by atoms with Crippen LogP contribution in [0.2, 0.25) is 5.15 Å². The summed E-state index contributed by atoms with van der Waals surface area (Å²) in [6.07, 6.45) is -2.92. The lowest BCUT2D eigenvalue weighted by atomic mass is 9.87. The summed E-state index contributed by atoms with van der Waals surface area (Å²) in [5.74, 6) is -0.461. The van der Waals surface area contributed by atoms with Gasteiger partial charge < -0.3 is 5.32 Å². The predicted molar refractivity (Wildman–Crippen MR) is 105 cm³/mol. The summed E-state index contributed by atoms with van der Waals surface area (Å²) in [5, 5.41) is 7.82. The topological polar surface area (TPSA) is 59.8 Å². The molecule has 0 saturated heterocycles. The van der Waals surface area contributed by atoms with E-state index in [0.29, 0.717) is 16.1 Å². The molecule has 1 amide bonds. The van der Waals surface area contributed by atoms with Gasteiger partial charge >= 0.3 is 6.18 Å². The van der Waals surface area contributed by atoms with Gasteiger partial charge in [0.1, 0.15) is 10.6 Å². The summed E-state index contributed by atoms with van der Waals surface area (Å²) in [7, 11) is 1.68. The molecular formula is C20H20ClF3N4O. The van der Waals surface area contributed by atoms with E-state index in [1.54, 1.807) is 38.4 Å². The molecule has 0 aliphatic carbocycles. The summed E-state index contributed by atoms with van der Waals surface area (Å²) in [4.78, 5) is 17.1. The fourth-order valence-electron chi connectivity index (χ4n) is 2.91. The summed E-state index contributed by atoms with van der Waals surface area (Å²) >= 11 is 6.17. The Labute approximate surface area is 170 Å². The van der Waals surface area contributed by atoms with Crippen molar-refractivity contribution in [2.24, 2.45) is 7.05 Å². The lowest BCUT2D eigenvalue weighted by molar-refractivity contribution is -0.181. The Kier molecular flexibility index (Phi) is 5.34. The van der Waals surface area contributed by atoms with E-state index in [1.807, 2.05) is 0 Å². The molecule has 0 radical (unpaired) electrons. The van der Waals surface area contributed by atoms with Gasteiger partial charge in [0.25, 0.3) is 5.91 Å². The highest BCUT2D eigenvalue weighted by atomic mass is 35.5. The number of hydrogen-bond donors (Lipinski definition) is 1. The molecular weight excluding hydrogens is 405 g/mol. The van der Waals surface area contributed by atoms with Crippen LogP contribution in [0.3, 0.4) is 0 Å². The third-order valence-electron chi connectivity index (χ3n) is 5.02. The minimum atomic E-state index is -4.48. The number of carbonyl (C=O) groups excluding carboxylic acids is 1. The van der Waals surface area contributed by atoms with Crippen LogP contribution in [0.15, 0.2) is 36.5 Å². The first-order valence-corrected chi connectivity index (χ1v) is 9.26. The van der Waals surface area contributed by atoms with Crippen molar-refractivity contribution in [1.29, 1.82) is 0 Å². The molecule has 0 bridgehead atoms. The van der Waals surface area contributed by atoms with E-state index in [9.17, 15) is 18.0 Å². The van der Waals surface area contributed by atoms with Crippen LogP contribution in [0.5, 0.6) is 0 Å². The smallest absolute Gasteiger partial charge is 0.345 e. The van der Waals surface area contributed by atoms with Gasteiger partial charge in [-0.3, -0.25) is 14.5 Å². The maximum atomic E-state index is 13.4. The average Bonchev–Trinajstić information content (AvgIpc) is 2.98. The Hall–Kier alpha value is -2.61. The lowest BCUT2D eigenvalue weighted by Gasteiger charge is -2.27. The highest BCUT2D eigenvalue weighted by Crippen LogP contribution is 2.40. The number of amides is 1. The van der Waals surface area contributed by atoms with E-state index in [-0.39, 0.29) is 16.8 Å². The van der Waals surface area contributed by atoms with Gasteiger partial charge in [-0.15, -0.1) is 0 Å². The highest BCUT2D eigenvalue weighted by molar-refractivity contribution is 6.30. The molecule has 1 unspecified atom stereocenters. The molecule has 3 aromatic rings. The van der Waals surface area contributed by atoms with Gasteiger partial charge in [0.2, 0.25) is 0 Å². The minimum Gasteiger partial charge on any atom is -0.345 e. The Morgan fingerprint density at radius 1 is 1.21 bits per heavy atom. The summed E-state index contributed by atoms with van der Waals surface area (Å²) < 4.78 is 41.8. The van der Waals surface area contributed by atoms with E-state index in [1.165, 1.54) is 16.8 Å². The van der Waals surface area contributed by atoms with Crippen LogP contribution in [-0.2, 0) is 12.5 Å². The van der Waals surface area contributed by atoms with Crippen LogP contribution >= 0.6 is 11.6 Å². The number of alkyl halides is 3. The van der Waals surface area contributed by atoms with Gasteiger partial charge in [-0.2, -0.15) is 18.3 Å². The van der Waals surface area contributed by atoms with Crippen molar-refractivity contribution in [2.45, 2.75) is 38.4 Å². The van der Waals surface area contributed by atoms with Gasteiger partial charge in [0.05, 0.1) is 29.0 Å². The quantitative estimate of drug-likeness (QED) is 0.644. The average molecular weight is 425 g/mol. The molecule has 0 fully saturated rings. The molecule has 29 heavy (non-hydrogen) atoms. The first-order valence-electron chi connectivity index (χ1n) is 8.88. The SMILES string of the molecule is CC(NC(=O)c1cccc2ccc(C(C)(C)C(F)(F)F)nc12)c1cnn(C)c1Cl. The maximum Gasteiger partial charge on any atom is 0.399 e. The van der Waals surface area contributed by atoms with Crippen LogP contribution in [0.4, 0.5) is 13.2 Å². The number of aryl methyl sites for hydroxylation is 1. The van der Waals surface area contributed by atoms with Gasteiger partial charge in [-0.25, -0.2) is 0 Å². The first kappa shape index (κ1) is 21.1. The number of para-hydroxylation sites is 1. The van der Waals surface area contributed by atoms with Gasteiger partial charge in [-0.05, 0) is 32.9 Å². The van der Waals surface area contributed by atoms with Crippen LogP contribution in [0.1, 0.15) is 48.4 Å². The number of halogens is 4. The van der Waals surface area contributed by atoms with E-state index in [2.05, 4.69) is 15.4 Å². The molecule has 1 aromatic carbocycles. The third kappa shape index (κ3) is 3.81. The van der Waals surface area contributed by atoms with Crippen LogP contribution < -0.4 is 5.32 Å². The van der Waals surface area contributed by atoms with Crippen molar-refractivity contribution in [1.82, 2.24) is 20.1 Å². The summed E-state index contributed by atoms with van der Waals surface area (Å²) in [5.41, 5.74) is -1.27. The Morgan fingerprint density at radius 2 is 1.90 bits per heavy atom. The third-order valence-corrected chi connectivity index (χ3v) is 5.48. The molecule has 5 nitrogen and oxygen atoms in total. The standard InChI is InChI=1S/C20H20ClF3N4O/c1-11(14-10-25-28(4)17(14)21)26-18(29)13-7-5-6-12-8-9-15(27-16(12)13)19(2,3)20(22,23)24/h5-11H,1-4H3,(H,26,29). The van der Waals surface area contributed by atoms with Crippen molar-refractivity contribution >= 4 is 28.4 Å². The zero-order valence-electron chi connectivity index (χ0n) is 16.3. The van der Waals surface area contributed by atoms with Crippen LogP contribution in [0, 0.1) is 0 Å². The normalized spacial score (nSPS) is 13.5. The Balaban J connectivity index is 1.99. The van der Waals surface area contributed by atoms with Crippen molar-refractivity contribution < 1.29 is 18.0 Å². The Bertz CT molecular complexity index is 1080. The predicted octanol–water partition coefficient (Wildman–Crippen LogP) is 4.95. The van der Waals surface area contributed by atoms with Crippen LogP contribution in [0.25, 0.3) is 10.9 Å². The molecule has 0 aliphatic heterocycles. The fraction of sp³-hybridized carbons (Fsp3) is 0.350. The number of nitrogens with one attached hydrogen (secondary N) is 1. The number of pyridine rings is 1. The molecule has 0 spiro atoms. The number of rotatable bonds is 4. The summed E-state index contributed by atoms with van der Waals surface area (Å²) in [6, 6.07) is 7.33. The monoisotopic (exact) mass is 424 g/mol. The summed E-state index contributed by atoms with van der Waals surface area (Å²) in [6.45, 7) is 3.88. The number of benzene rings is 1. The van der Waals surface area contributed by atoms with Gasteiger partial charge in [-0.1, -0.05) is 29.8 Å². The van der Waals surface area contributed by atoms with E-state index in [4.69, 9.17) is 11.6 Å². The van der Waals surface area contributed by atoms with E-state index in [0.717, 1.165) is 13.8 Å².